The average molecular weight is 440 g/mol. The van der Waals surface area contributed by atoms with Crippen LogP contribution in [0.15, 0.2) is 41.0 Å². The van der Waals surface area contributed by atoms with Gasteiger partial charge in [0, 0.05) is 5.56 Å². The highest BCUT2D eigenvalue weighted by Gasteiger charge is 2.35. The maximum atomic E-state index is 13.1. The largest absolute Gasteiger partial charge is 0.493 e. The Morgan fingerprint density at radius 3 is 2.53 bits per heavy atom. The fourth-order valence-electron chi connectivity index (χ4n) is 2.84. The molecule has 6 nitrogen and oxygen atoms in total. The van der Waals surface area contributed by atoms with Crippen LogP contribution < -0.4 is 9.47 Å². The molecule has 160 valence electrons. The molecule has 0 unspecified atom stereocenters. The quantitative estimate of drug-likeness (QED) is 0.521. The van der Waals surface area contributed by atoms with Gasteiger partial charge < -0.3 is 18.8 Å². The van der Waals surface area contributed by atoms with E-state index in [1.807, 2.05) is 0 Å². The summed E-state index contributed by atoms with van der Waals surface area (Å²) in [4.78, 5) is 18.2. The van der Waals surface area contributed by atoms with E-state index in [0.717, 1.165) is 11.3 Å². The number of thiazole rings is 1. The van der Waals surface area contributed by atoms with Gasteiger partial charge in [-0.2, -0.15) is 13.2 Å². The first-order chi connectivity index (χ1) is 14.2. The number of benzene rings is 1. The molecule has 1 amide bonds. The lowest BCUT2D eigenvalue weighted by molar-refractivity contribution is -0.142. The molecule has 0 fully saturated rings. The van der Waals surface area contributed by atoms with Crippen molar-refractivity contribution in [2.45, 2.75) is 19.6 Å². The van der Waals surface area contributed by atoms with Crippen LogP contribution in [-0.2, 0) is 6.54 Å². The number of hydrogen-bond donors (Lipinski definition) is 0. The molecule has 2 heterocycles. The summed E-state index contributed by atoms with van der Waals surface area (Å²) in [6.07, 6.45) is -3.20. The number of nitrogens with zero attached hydrogens (tertiary/aromatic N) is 2. The van der Waals surface area contributed by atoms with E-state index in [2.05, 4.69) is 4.98 Å². The van der Waals surface area contributed by atoms with Crippen LogP contribution in [0.3, 0.4) is 0 Å². The van der Waals surface area contributed by atoms with Gasteiger partial charge in [-0.25, -0.2) is 4.98 Å². The molecule has 0 radical (unpaired) electrons. The number of carbonyl (C=O) groups excluding carboxylic acids is 1. The van der Waals surface area contributed by atoms with Gasteiger partial charge in [0.05, 0.1) is 32.7 Å². The van der Waals surface area contributed by atoms with E-state index in [1.165, 1.54) is 26.5 Å². The van der Waals surface area contributed by atoms with Crippen molar-refractivity contribution in [3.63, 3.8) is 0 Å². The van der Waals surface area contributed by atoms with Gasteiger partial charge >= 0.3 is 6.18 Å². The van der Waals surface area contributed by atoms with Crippen LogP contribution in [0.1, 0.15) is 21.1 Å². The number of methoxy groups -OCH3 is 2. The second kappa shape index (κ2) is 8.78. The fraction of sp³-hybridized carbons (Fsp3) is 0.300. The zero-order valence-corrected chi connectivity index (χ0v) is 17.3. The van der Waals surface area contributed by atoms with Crippen molar-refractivity contribution in [2.24, 2.45) is 0 Å². The number of halogens is 3. The van der Waals surface area contributed by atoms with Crippen LogP contribution in [0.5, 0.6) is 11.5 Å². The van der Waals surface area contributed by atoms with Gasteiger partial charge in [-0.3, -0.25) is 4.79 Å². The first kappa shape index (κ1) is 21.7. The third-order valence-electron chi connectivity index (χ3n) is 4.21. The van der Waals surface area contributed by atoms with Gasteiger partial charge in [-0.05, 0) is 37.3 Å². The van der Waals surface area contributed by atoms with Crippen molar-refractivity contribution in [1.82, 2.24) is 9.88 Å². The first-order valence-corrected chi connectivity index (χ1v) is 9.61. The third kappa shape index (κ3) is 4.93. The smallest absolute Gasteiger partial charge is 0.406 e. The summed E-state index contributed by atoms with van der Waals surface area (Å²) in [7, 11) is 3.00. The number of hydrogen-bond acceptors (Lipinski definition) is 6. The Labute approximate surface area is 174 Å². The van der Waals surface area contributed by atoms with E-state index in [0.29, 0.717) is 32.7 Å². The molecule has 0 atom stereocenters. The number of aromatic nitrogens is 1. The SMILES string of the molecule is COc1ccc(-c2nc(C)c(C(=O)N(Cc3ccco3)CC(F)(F)F)s2)cc1OC. The summed E-state index contributed by atoms with van der Waals surface area (Å²) in [6, 6.07) is 8.20. The molecule has 0 saturated carbocycles. The maximum absolute atomic E-state index is 13.1. The van der Waals surface area contributed by atoms with Crippen molar-refractivity contribution in [2.75, 3.05) is 20.8 Å². The molecule has 30 heavy (non-hydrogen) atoms. The molecule has 0 aliphatic carbocycles. The van der Waals surface area contributed by atoms with Gasteiger partial charge in [0.1, 0.15) is 22.2 Å². The summed E-state index contributed by atoms with van der Waals surface area (Å²) in [5, 5.41) is 0.488. The van der Waals surface area contributed by atoms with Crippen LogP contribution in [0, 0.1) is 6.92 Å². The molecule has 0 spiro atoms. The molecule has 0 aliphatic rings. The number of alkyl halides is 3. The molecule has 0 saturated heterocycles. The summed E-state index contributed by atoms with van der Waals surface area (Å²) in [5.41, 5.74) is 1.01. The molecule has 2 aromatic heterocycles. The normalized spacial score (nSPS) is 11.4. The van der Waals surface area contributed by atoms with Gasteiger partial charge in [0.2, 0.25) is 0 Å². The Kier molecular flexibility index (Phi) is 6.35. The Morgan fingerprint density at radius 1 is 1.20 bits per heavy atom. The standard InChI is InChI=1S/C20H19F3N2O4S/c1-12-17(19(26)25(11-20(21,22)23)10-14-5-4-8-29-14)30-18(24-12)13-6-7-15(27-2)16(9-13)28-3/h4-9H,10-11H2,1-3H3. The van der Waals surface area contributed by atoms with E-state index < -0.39 is 18.6 Å². The Balaban J connectivity index is 1.92. The van der Waals surface area contributed by atoms with E-state index in [1.54, 1.807) is 31.2 Å². The summed E-state index contributed by atoms with van der Waals surface area (Å²) in [6.45, 7) is -0.101. The number of aryl methyl sites for hydroxylation is 1. The van der Waals surface area contributed by atoms with Gasteiger partial charge in [0.15, 0.2) is 11.5 Å². The predicted octanol–water partition coefficient (Wildman–Crippen LogP) is 4.93. The number of amides is 1. The Morgan fingerprint density at radius 2 is 1.93 bits per heavy atom. The van der Waals surface area contributed by atoms with Crippen molar-refractivity contribution in [3.05, 3.63) is 52.9 Å². The fourth-order valence-corrected chi connectivity index (χ4v) is 3.87. The molecule has 10 heteroatoms. The van der Waals surface area contributed by atoms with Crippen molar-refractivity contribution >= 4 is 17.2 Å². The topological polar surface area (TPSA) is 64.8 Å². The molecule has 3 aromatic rings. The van der Waals surface area contributed by atoms with E-state index in [-0.39, 0.29) is 17.2 Å². The summed E-state index contributed by atoms with van der Waals surface area (Å²) in [5.74, 6) is 0.508. The highest BCUT2D eigenvalue weighted by molar-refractivity contribution is 7.17. The number of ether oxygens (including phenoxy) is 2. The monoisotopic (exact) mass is 440 g/mol. The number of carbonyl (C=O) groups is 1. The summed E-state index contributed by atoms with van der Waals surface area (Å²) >= 11 is 1.02. The minimum atomic E-state index is -4.55. The van der Waals surface area contributed by atoms with Crippen LogP contribution >= 0.6 is 11.3 Å². The first-order valence-electron chi connectivity index (χ1n) is 8.80. The third-order valence-corrected chi connectivity index (χ3v) is 5.40. The minimum Gasteiger partial charge on any atom is -0.493 e. The van der Waals surface area contributed by atoms with Crippen molar-refractivity contribution in [1.29, 1.82) is 0 Å². The predicted molar refractivity (Wildman–Crippen MR) is 105 cm³/mol. The average Bonchev–Trinajstić information content (AvgIpc) is 3.35. The Bertz CT molecular complexity index is 1020. The highest BCUT2D eigenvalue weighted by Crippen LogP contribution is 2.35. The molecule has 0 N–H and O–H groups in total. The second-order valence-corrected chi connectivity index (χ2v) is 7.36. The lowest BCUT2D eigenvalue weighted by atomic mass is 10.2. The maximum Gasteiger partial charge on any atom is 0.406 e. The zero-order valence-electron chi connectivity index (χ0n) is 16.4. The second-order valence-electron chi connectivity index (χ2n) is 6.36. The molecular formula is C20H19F3N2O4S. The molecule has 0 bridgehead atoms. The lowest BCUT2D eigenvalue weighted by Gasteiger charge is -2.22. The number of furan rings is 1. The number of rotatable bonds is 7. The van der Waals surface area contributed by atoms with Crippen LogP contribution in [0.25, 0.3) is 10.6 Å². The molecular weight excluding hydrogens is 421 g/mol. The molecule has 1 aromatic carbocycles. The lowest BCUT2D eigenvalue weighted by Crippen LogP contribution is -2.38. The molecule has 0 aliphatic heterocycles. The van der Waals surface area contributed by atoms with Gasteiger partial charge in [-0.1, -0.05) is 0 Å². The minimum absolute atomic E-state index is 0.135. The van der Waals surface area contributed by atoms with Crippen LogP contribution in [0.2, 0.25) is 0 Å². The van der Waals surface area contributed by atoms with E-state index >= 15 is 0 Å². The van der Waals surface area contributed by atoms with Crippen LogP contribution in [-0.4, -0.2) is 42.7 Å². The van der Waals surface area contributed by atoms with Gasteiger partial charge in [-0.15, -0.1) is 11.3 Å². The van der Waals surface area contributed by atoms with E-state index in [9.17, 15) is 18.0 Å². The van der Waals surface area contributed by atoms with E-state index in [4.69, 9.17) is 13.9 Å². The van der Waals surface area contributed by atoms with Crippen LogP contribution in [0.4, 0.5) is 13.2 Å². The van der Waals surface area contributed by atoms with Crippen molar-refractivity contribution < 1.29 is 31.9 Å². The Hall–Kier alpha value is -3.01. The summed E-state index contributed by atoms with van der Waals surface area (Å²) < 4.78 is 54.8. The van der Waals surface area contributed by atoms with Gasteiger partial charge in [0.25, 0.3) is 5.91 Å². The van der Waals surface area contributed by atoms with Crippen molar-refractivity contribution in [3.8, 4) is 22.1 Å². The highest BCUT2D eigenvalue weighted by atomic mass is 32.1. The molecule has 3 rings (SSSR count). The zero-order chi connectivity index (χ0) is 21.9.